The summed E-state index contributed by atoms with van der Waals surface area (Å²) in [6.45, 7) is 1.39. The number of nitrogens with zero attached hydrogens (tertiary/aromatic N) is 2. The highest BCUT2D eigenvalue weighted by atomic mass is 16.5. The van der Waals surface area contributed by atoms with E-state index in [9.17, 15) is 5.11 Å². The van der Waals surface area contributed by atoms with Gasteiger partial charge in [0.05, 0.1) is 31.4 Å². The van der Waals surface area contributed by atoms with Crippen LogP contribution in [0.1, 0.15) is 18.4 Å². The van der Waals surface area contributed by atoms with E-state index in [1.54, 1.807) is 7.11 Å². The van der Waals surface area contributed by atoms with E-state index in [1.165, 1.54) is 0 Å². The lowest BCUT2D eigenvalue weighted by molar-refractivity contribution is -0.137. The molecule has 23 heavy (non-hydrogen) atoms. The largest absolute Gasteiger partial charge is 0.481 e. The van der Waals surface area contributed by atoms with Crippen LogP contribution in [-0.2, 0) is 10.3 Å². The molecule has 1 aromatic carbocycles. The molecular formula is C18H22N2O3. The molecule has 2 bridgehead atoms. The molecule has 5 nitrogen and oxygen atoms in total. The molecule has 0 amide bonds. The number of likely N-dealkylation sites (N-methyl/N-ethyl adjacent to an activating group) is 1. The second-order valence-electron chi connectivity index (χ2n) is 6.71. The van der Waals surface area contributed by atoms with Crippen molar-refractivity contribution in [2.45, 2.75) is 30.5 Å². The van der Waals surface area contributed by atoms with E-state index < -0.39 is 5.60 Å². The first-order valence-corrected chi connectivity index (χ1v) is 8.06. The maximum Gasteiger partial charge on any atom is 0.213 e. The quantitative estimate of drug-likeness (QED) is 0.918. The van der Waals surface area contributed by atoms with E-state index >= 15 is 0 Å². The first kappa shape index (κ1) is 14.9. The van der Waals surface area contributed by atoms with Gasteiger partial charge in [-0.15, -0.1) is 0 Å². The summed E-state index contributed by atoms with van der Waals surface area (Å²) in [5, 5.41) is 12.3. The molecule has 2 unspecified atom stereocenters. The summed E-state index contributed by atoms with van der Waals surface area (Å²) in [7, 11) is 3.75. The second-order valence-corrected chi connectivity index (χ2v) is 6.71. The number of rotatable bonds is 2. The van der Waals surface area contributed by atoms with Gasteiger partial charge in [0.1, 0.15) is 0 Å². The summed E-state index contributed by atoms with van der Waals surface area (Å²) in [6, 6.07) is 10.4. The molecule has 2 aromatic rings. The summed E-state index contributed by atoms with van der Waals surface area (Å²) < 4.78 is 10.8. The Labute approximate surface area is 135 Å². The van der Waals surface area contributed by atoms with E-state index in [2.05, 4.69) is 23.0 Å². The number of pyridine rings is 1. The molecule has 1 aromatic heterocycles. The van der Waals surface area contributed by atoms with Gasteiger partial charge in [0, 0.05) is 23.5 Å². The smallest absolute Gasteiger partial charge is 0.213 e. The molecule has 0 saturated carbocycles. The number of aromatic nitrogens is 1. The third-order valence-electron chi connectivity index (χ3n) is 5.33. The van der Waals surface area contributed by atoms with Gasteiger partial charge in [-0.25, -0.2) is 4.98 Å². The van der Waals surface area contributed by atoms with Crippen LogP contribution in [-0.4, -0.2) is 54.4 Å². The van der Waals surface area contributed by atoms with Gasteiger partial charge in [-0.05, 0) is 43.7 Å². The Morgan fingerprint density at radius 2 is 1.96 bits per heavy atom. The van der Waals surface area contributed by atoms with E-state index in [4.69, 9.17) is 9.47 Å². The van der Waals surface area contributed by atoms with Crippen molar-refractivity contribution >= 4 is 10.9 Å². The molecule has 1 N–H and O–H groups in total. The van der Waals surface area contributed by atoms with Crippen molar-refractivity contribution in [3.8, 4) is 5.88 Å². The van der Waals surface area contributed by atoms with Crippen LogP contribution in [0, 0.1) is 0 Å². The van der Waals surface area contributed by atoms with Crippen molar-refractivity contribution in [1.29, 1.82) is 0 Å². The molecule has 2 atom stereocenters. The van der Waals surface area contributed by atoms with Crippen LogP contribution in [0.2, 0.25) is 0 Å². The number of methoxy groups -OCH3 is 1. The number of ether oxygens (including phenoxy) is 2. The highest BCUT2D eigenvalue weighted by Gasteiger charge is 2.45. The maximum atomic E-state index is 11.3. The Bertz CT molecular complexity index is 719. The van der Waals surface area contributed by atoms with E-state index in [0.717, 1.165) is 16.5 Å². The summed E-state index contributed by atoms with van der Waals surface area (Å²) in [6.07, 6.45) is 1.41. The van der Waals surface area contributed by atoms with Crippen LogP contribution < -0.4 is 4.74 Å². The fraction of sp³-hybridized carbons (Fsp3) is 0.500. The number of morpholine rings is 1. The lowest BCUT2D eigenvalue weighted by Crippen LogP contribution is -2.59. The zero-order valence-electron chi connectivity index (χ0n) is 13.5. The topological polar surface area (TPSA) is 54.8 Å². The number of hydrogen-bond acceptors (Lipinski definition) is 5. The highest BCUT2D eigenvalue weighted by molar-refractivity contribution is 5.80. The van der Waals surface area contributed by atoms with Gasteiger partial charge in [-0.3, -0.25) is 4.90 Å². The van der Waals surface area contributed by atoms with Crippen molar-refractivity contribution in [2.75, 3.05) is 27.4 Å². The van der Waals surface area contributed by atoms with E-state index in [-0.39, 0.29) is 12.1 Å². The standard InChI is InChI=1S/C18H22N2O3/c1-20-14-8-18(21,9-15(20)11-23-10-14)13-4-5-16-12(7-13)3-6-17(19-16)22-2/h3-7,14-15,21H,8-11H2,1-2H3. The molecular weight excluding hydrogens is 292 g/mol. The maximum absolute atomic E-state index is 11.3. The molecule has 0 spiro atoms. The summed E-state index contributed by atoms with van der Waals surface area (Å²) in [4.78, 5) is 6.79. The van der Waals surface area contributed by atoms with Gasteiger partial charge in [-0.1, -0.05) is 6.07 Å². The van der Waals surface area contributed by atoms with Crippen LogP contribution in [0.4, 0.5) is 0 Å². The third kappa shape index (κ3) is 2.49. The van der Waals surface area contributed by atoms with Crippen molar-refractivity contribution in [3.63, 3.8) is 0 Å². The van der Waals surface area contributed by atoms with Gasteiger partial charge < -0.3 is 14.6 Å². The second kappa shape index (κ2) is 5.44. The van der Waals surface area contributed by atoms with Gasteiger partial charge in [0.2, 0.25) is 5.88 Å². The van der Waals surface area contributed by atoms with Crippen LogP contribution in [0.15, 0.2) is 30.3 Å². The van der Waals surface area contributed by atoms with E-state index in [1.807, 2.05) is 24.3 Å². The average molecular weight is 314 g/mol. The number of aliphatic hydroxyl groups is 1. The minimum atomic E-state index is -0.792. The molecule has 0 radical (unpaired) electrons. The molecule has 3 heterocycles. The lowest BCUT2D eigenvalue weighted by atomic mass is 9.77. The van der Waals surface area contributed by atoms with Gasteiger partial charge in [0.15, 0.2) is 0 Å². The summed E-state index contributed by atoms with van der Waals surface area (Å²) in [5.41, 5.74) is 1.06. The summed E-state index contributed by atoms with van der Waals surface area (Å²) >= 11 is 0. The molecule has 2 saturated heterocycles. The Balaban J connectivity index is 1.70. The number of piperidine rings is 1. The monoisotopic (exact) mass is 314 g/mol. The number of hydrogen-bond donors (Lipinski definition) is 1. The Morgan fingerprint density at radius 1 is 1.22 bits per heavy atom. The molecule has 2 fully saturated rings. The molecule has 122 valence electrons. The number of fused-ring (bicyclic) bond motifs is 3. The van der Waals surface area contributed by atoms with Crippen molar-refractivity contribution in [2.24, 2.45) is 0 Å². The normalized spacial score (nSPS) is 31.3. The zero-order valence-corrected chi connectivity index (χ0v) is 13.5. The van der Waals surface area contributed by atoms with Crippen molar-refractivity contribution < 1.29 is 14.6 Å². The van der Waals surface area contributed by atoms with Crippen LogP contribution in [0.3, 0.4) is 0 Å². The molecule has 5 heteroatoms. The van der Waals surface area contributed by atoms with Crippen molar-refractivity contribution in [3.05, 3.63) is 35.9 Å². The van der Waals surface area contributed by atoms with Crippen LogP contribution >= 0.6 is 0 Å². The van der Waals surface area contributed by atoms with Gasteiger partial charge in [0.25, 0.3) is 0 Å². The van der Waals surface area contributed by atoms with Crippen LogP contribution in [0.5, 0.6) is 5.88 Å². The number of benzene rings is 1. The Hall–Kier alpha value is -1.69. The minimum Gasteiger partial charge on any atom is -0.481 e. The van der Waals surface area contributed by atoms with Gasteiger partial charge >= 0.3 is 0 Å². The van der Waals surface area contributed by atoms with Crippen LogP contribution in [0.25, 0.3) is 10.9 Å². The first-order chi connectivity index (χ1) is 11.1. The lowest BCUT2D eigenvalue weighted by Gasteiger charge is -2.50. The molecule has 2 aliphatic heterocycles. The summed E-state index contributed by atoms with van der Waals surface area (Å²) in [5.74, 6) is 0.606. The first-order valence-electron chi connectivity index (χ1n) is 8.06. The fourth-order valence-corrected chi connectivity index (χ4v) is 3.89. The predicted octanol–water partition coefficient (Wildman–Crippen LogP) is 1.92. The zero-order chi connectivity index (χ0) is 16.0. The Kier molecular flexibility index (Phi) is 3.52. The SMILES string of the molecule is COc1ccc2cc(C3(O)CC4COCC(C3)N4C)ccc2n1. The highest BCUT2D eigenvalue weighted by Crippen LogP contribution is 2.40. The predicted molar refractivity (Wildman–Crippen MR) is 87.6 cm³/mol. The fourth-order valence-electron chi connectivity index (χ4n) is 3.89. The van der Waals surface area contributed by atoms with E-state index in [0.29, 0.717) is 31.9 Å². The third-order valence-corrected chi connectivity index (χ3v) is 5.33. The average Bonchev–Trinajstić information content (AvgIpc) is 2.55. The molecule has 2 aliphatic rings. The van der Waals surface area contributed by atoms with Gasteiger partial charge in [-0.2, -0.15) is 0 Å². The Morgan fingerprint density at radius 3 is 2.65 bits per heavy atom. The molecule has 4 rings (SSSR count). The van der Waals surface area contributed by atoms with Crippen molar-refractivity contribution in [1.82, 2.24) is 9.88 Å². The molecule has 0 aliphatic carbocycles. The minimum absolute atomic E-state index is 0.275.